The van der Waals surface area contributed by atoms with Crippen molar-refractivity contribution in [3.8, 4) is 0 Å². The summed E-state index contributed by atoms with van der Waals surface area (Å²) < 4.78 is 51.5. The molecule has 0 bridgehead atoms. The van der Waals surface area contributed by atoms with Gasteiger partial charge < -0.3 is 0 Å². The van der Waals surface area contributed by atoms with Crippen LogP contribution in [-0.2, 0) is 20.0 Å². The lowest BCUT2D eigenvalue weighted by Gasteiger charge is -2.08. The summed E-state index contributed by atoms with van der Waals surface area (Å²) >= 11 is 0. The van der Waals surface area contributed by atoms with Gasteiger partial charge in [0.1, 0.15) is 11.4 Å². The Morgan fingerprint density at radius 2 is 0.944 bits per heavy atom. The zero-order chi connectivity index (χ0) is 25.5. The molecule has 1 aliphatic carbocycles. The van der Waals surface area contributed by atoms with Crippen LogP contribution in [0.4, 0.5) is 0 Å². The number of sulfonamides is 2. The maximum atomic E-state index is 12.9. The fourth-order valence-electron chi connectivity index (χ4n) is 3.97. The molecule has 0 heterocycles. The minimum absolute atomic E-state index is 0.0599. The molecule has 8 nitrogen and oxygen atoms in total. The van der Waals surface area contributed by atoms with Gasteiger partial charge in [0.15, 0.2) is 0 Å². The van der Waals surface area contributed by atoms with Gasteiger partial charge in [-0.15, -0.1) is 0 Å². The van der Waals surface area contributed by atoms with Gasteiger partial charge in [-0.3, -0.25) is 0 Å². The van der Waals surface area contributed by atoms with Crippen molar-refractivity contribution in [2.24, 2.45) is 10.2 Å². The minimum atomic E-state index is -3.97. The third-order valence-corrected chi connectivity index (χ3v) is 8.31. The van der Waals surface area contributed by atoms with Gasteiger partial charge in [0.05, 0.1) is 9.79 Å². The molecule has 10 heteroatoms. The monoisotopic (exact) mass is 518 g/mol. The van der Waals surface area contributed by atoms with Crippen LogP contribution in [0.1, 0.15) is 22.3 Å². The molecule has 0 atom stereocenters. The Bertz CT molecular complexity index is 1630. The fourth-order valence-corrected chi connectivity index (χ4v) is 5.59. The zero-order valence-corrected chi connectivity index (χ0v) is 21.1. The average molecular weight is 519 g/mol. The van der Waals surface area contributed by atoms with E-state index in [2.05, 4.69) is 19.9 Å². The third kappa shape index (κ3) is 4.36. The van der Waals surface area contributed by atoms with Crippen LogP contribution < -0.4 is 9.66 Å². The van der Waals surface area contributed by atoms with Gasteiger partial charge in [-0.2, -0.15) is 36.7 Å². The van der Waals surface area contributed by atoms with E-state index in [9.17, 15) is 16.8 Å². The number of hydrazone groups is 2. The molecule has 1 aliphatic rings. The number of nitrogens with zero attached hydrogens (tertiary/aromatic N) is 2. The molecular formula is C26H22N4O4S2. The van der Waals surface area contributed by atoms with Crippen LogP contribution in [0.25, 0.3) is 10.8 Å². The number of benzene rings is 4. The maximum absolute atomic E-state index is 12.9. The van der Waals surface area contributed by atoms with Gasteiger partial charge in [-0.1, -0.05) is 71.8 Å². The van der Waals surface area contributed by atoms with Gasteiger partial charge in [0.25, 0.3) is 20.0 Å². The first-order valence-corrected chi connectivity index (χ1v) is 14.0. The highest BCUT2D eigenvalue weighted by Gasteiger charge is 2.29. The van der Waals surface area contributed by atoms with E-state index in [0.29, 0.717) is 11.1 Å². The Balaban J connectivity index is 1.58. The second-order valence-electron chi connectivity index (χ2n) is 8.45. The molecule has 0 aromatic heterocycles. The van der Waals surface area contributed by atoms with Gasteiger partial charge >= 0.3 is 0 Å². The third-order valence-electron chi connectivity index (χ3n) is 5.86. The lowest BCUT2D eigenvalue weighted by molar-refractivity contribution is 0.582. The van der Waals surface area contributed by atoms with Crippen molar-refractivity contribution in [2.45, 2.75) is 23.6 Å². The Hall–Kier alpha value is -4.02. The molecule has 182 valence electrons. The van der Waals surface area contributed by atoms with Gasteiger partial charge in [-0.25, -0.2) is 0 Å². The zero-order valence-electron chi connectivity index (χ0n) is 19.4. The summed E-state index contributed by atoms with van der Waals surface area (Å²) in [6.07, 6.45) is 0. The Labute approximate surface area is 209 Å². The highest BCUT2D eigenvalue weighted by Crippen LogP contribution is 2.31. The van der Waals surface area contributed by atoms with Crippen LogP contribution in [0.15, 0.2) is 105 Å². The van der Waals surface area contributed by atoms with Crippen LogP contribution in [0.2, 0.25) is 0 Å². The lowest BCUT2D eigenvalue weighted by atomic mass is 10.1. The van der Waals surface area contributed by atoms with Crippen LogP contribution in [0.5, 0.6) is 0 Å². The first kappa shape index (κ1) is 23.7. The van der Waals surface area contributed by atoms with Gasteiger partial charge in [-0.05, 0) is 43.5 Å². The van der Waals surface area contributed by atoms with Crippen molar-refractivity contribution < 1.29 is 16.8 Å². The molecule has 0 radical (unpaired) electrons. The number of hydrogen-bond donors (Lipinski definition) is 2. The van der Waals surface area contributed by atoms with E-state index in [-0.39, 0.29) is 21.2 Å². The van der Waals surface area contributed by atoms with Crippen molar-refractivity contribution in [3.05, 3.63) is 107 Å². The Morgan fingerprint density at radius 3 is 1.33 bits per heavy atom. The van der Waals surface area contributed by atoms with E-state index in [1.807, 2.05) is 38.1 Å². The van der Waals surface area contributed by atoms with E-state index >= 15 is 0 Å². The molecule has 2 N–H and O–H groups in total. The fraction of sp³-hybridized carbons (Fsp3) is 0.0769. The van der Waals surface area contributed by atoms with E-state index in [0.717, 1.165) is 21.9 Å². The van der Waals surface area contributed by atoms with Crippen molar-refractivity contribution in [1.82, 2.24) is 9.66 Å². The Kier molecular flexibility index (Phi) is 5.85. The van der Waals surface area contributed by atoms with Crippen LogP contribution >= 0.6 is 0 Å². The summed E-state index contributed by atoms with van der Waals surface area (Å²) in [6, 6.07) is 23.8. The van der Waals surface area contributed by atoms with Crippen molar-refractivity contribution in [2.75, 3.05) is 0 Å². The topological polar surface area (TPSA) is 117 Å². The van der Waals surface area contributed by atoms with Gasteiger partial charge in [0.2, 0.25) is 0 Å². The molecule has 0 unspecified atom stereocenters. The van der Waals surface area contributed by atoms with Crippen molar-refractivity contribution in [3.63, 3.8) is 0 Å². The van der Waals surface area contributed by atoms with E-state index in [4.69, 9.17) is 0 Å². The SMILES string of the molecule is Cc1ccc(S(=O)(=O)NN=C2C(=NNS(=O)(=O)c3ccc(C)cc3)c3cccc4cccc2c34)cc1. The first-order valence-electron chi connectivity index (χ1n) is 11.0. The number of rotatable bonds is 6. The molecule has 4 aromatic carbocycles. The highest BCUT2D eigenvalue weighted by molar-refractivity contribution is 7.89. The van der Waals surface area contributed by atoms with E-state index in [1.54, 1.807) is 36.4 Å². The molecular weight excluding hydrogens is 496 g/mol. The quantitative estimate of drug-likeness (QED) is 0.377. The molecule has 0 amide bonds. The molecule has 0 spiro atoms. The smallest absolute Gasteiger partial charge is 0.200 e. The summed E-state index contributed by atoms with van der Waals surface area (Å²) in [6.45, 7) is 3.72. The van der Waals surface area contributed by atoms with Crippen LogP contribution in [0, 0.1) is 13.8 Å². The lowest BCUT2D eigenvalue weighted by Crippen LogP contribution is -2.26. The van der Waals surface area contributed by atoms with Crippen molar-refractivity contribution >= 4 is 42.2 Å². The largest absolute Gasteiger partial charge is 0.276 e. The molecule has 0 aliphatic heterocycles. The standard InChI is InChI=1S/C26H22N4O4S2/c1-17-9-13-20(14-10-17)35(31,32)29-27-25-22-7-3-5-19-6-4-8-23(24(19)22)26(25)28-30-36(33,34)21-15-11-18(2)12-16-21/h3-16,29-30H,1-2H3. The first-order chi connectivity index (χ1) is 17.2. The minimum Gasteiger partial charge on any atom is -0.200 e. The normalized spacial score (nSPS) is 15.5. The summed E-state index contributed by atoms with van der Waals surface area (Å²) in [5, 5.41) is 10.1. The second kappa shape index (κ2) is 8.89. The van der Waals surface area contributed by atoms with E-state index in [1.165, 1.54) is 24.3 Å². The predicted molar refractivity (Wildman–Crippen MR) is 140 cm³/mol. The maximum Gasteiger partial charge on any atom is 0.276 e. The highest BCUT2D eigenvalue weighted by atomic mass is 32.2. The van der Waals surface area contributed by atoms with Crippen LogP contribution in [-0.4, -0.2) is 28.3 Å². The van der Waals surface area contributed by atoms with Crippen molar-refractivity contribution in [1.29, 1.82) is 0 Å². The number of hydrogen-bond acceptors (Lipinski definition) is 6. The number of aryl methyl sites for hydroxylation is 2. The molecule has 0 saturated heterocycles. The second-order valence-corrected chi connectivity index (χ2v) is 11.8. The number of nitrogens with one attached hydrogen (secondary N) is 2. The molecule has 5 rings (SSSR count). The molecule has 36 heavy (non-hydrogen) atoms. The predicted octanol–water partition coefficient (Wildman–Crippen LogP) is 3.84. The van der Waals surface area contributed by atoms with Gasteiger partial charge in [0, 0.05) is 16.5 Å². The summed E-state index contributed by atoms with van der Waals surface area (Å²) in [4.78, 5) is 4.68. The van der Waals surface area contributed by atoms with Crippen LogP contribution in [0.3, 0.4) is 0 Å². The molecule has 0 fully saturated rings. The summed E-state index contributed by atoms with van der Waals surface area (Å²) in [7, 11) is -7.93. The van der Waals surface area contributed by atoms with E-state index < -0.39 is 20.0 Å². The molecule has 0 saturated carbocycles. The summed E-state index contributed by atoms with van der Waals surface area (Å²) in [5.41, 5.74) is 3.56. The average Bonchev–Trinajstić information content (AvgIpc) is 3.16. The summed E-state index contributed by atoms with van der Waals surface area (Å²) in [5.74, 6) is 0. The Morgan fingerprint density at radius 1 is 0.556 bits per heavy atom. The molecule has 4 aromatic rings.